The molecule has 0 amide bonds. The molecule has 5 aromatic rings. The van der Waals surface area contributed by atoms with Crippen LogP contribution in [0.5, 0.6) is 0 Å². The molecule has 0 aliphatic heterocycles. The van der Waals surface area contributed by atoms with Crippen LogP contribution in [0, 0.1) is 0 Å². The van der Waals surface area contributed by atoms with Gasteiger partial charge in [-0.25, -0.2) is 0 Å². The topological polar surface area (TPSA) is 84.3 Å². The number of rotatable bonds is 6. The van der Waals surface area contributed by atoms with Crippen molar-refractivity contribution in [3.63, 3.8) is 0 Å². The minimum atomic E-state index is -0.352. The van der Waals surface area contributed by atoms with E-state index in [-0.39, 0.29) is 5.41 Å². The van der Waals surface area contributed by atoms with E-state index in [4.69, 9.17) is 23.3 Å². The molecule has 2 aliphatic carbocycles. The van der Waals surface area contributed by atoms with Gasteiger partial charge in [0.15, 0.2) is 0 Å². The fraction of sp³-hybridized carbons (Fsp3) is 0.0800. The Balaban J connectivity index is 0.000000450. The Labute approximate surface area is 320 Å². The van der Waals surface area contributed by atoms with Crippen molar-refractivity contribution in [3.8, 4) is 22.3 Å². The van der Waals surface area contributed by atoms with Gasteiger partial charge >= 0.3 is 0 Å². The number of benzene rings is 5. The van der Waals surface area contributed by atoms with Gasteiger partial charge in [0.1, 0.15) is 0 Å². The summed E-state index contributed by atoms with van der Waals surface area (Å²) in [6.45, 7) is 8.82. The van der Waals surface area contributed by atoms with Gasteiger partial charge in [0.2, 0.25) is 0 Å². The van der Waals surface area contributed by atoms with E-state index in [0.717, 1.165) is 31.1 Å². The van der Waals surface area contributed by atoms with Crippen LogP contribution in [0.2, 0.25) is 0 Å². The predicted molar refractivity (Wildman–Crippen MR) is 231 cm³/mol. The first kappa shape index (κ1) is 38.8. The number of aliphatic hydroxyl groups excluding tert-OH is 1. The largest absolute Gasteiger partial charge is 0.405 e. The van der Waals surface area contributed by atoms with Gasteiger partial charge in [0.05, 0.1) is 0 Å². The zero-order chi connectivity index (χ0) is 38.2. The van der Waals surface area contributed by atoms with E-state index < -0.39 is 0 Å². The standard InChI is InChI=1S/C43H34.C6H11N3.CH4O/c1-31-13-5-4-12-26-43(32(2)15-9-8-14-31)41-25-22-34(27-33-20-23-36(24-21-33)35-16-6-3-7-17-35)28-39(41)40-29-37-18-10-11-19-38(37)30-42(40)43;7-5-3-1-2-4-6-9-8;1-2/h3-25,28-30H,1-2,26-27H2;1-6,9H,7-8H2;2H,1H3/b12-4-,13-5-,14-8-,15-9-;2-1-,5-3+,6-4-;. The Kier molecular flexibility index (Phi) is 13.9. The van der Waals surface area contributed by atoms with Crippen LogP contribution < -0.4 is 17.0 Å². The van der Waals surface area contributed by atoms with E-state index in [1.807, 2.05) is 18.2 Å². The first-order valence-electron chi connectivity index (χ1n) is 18.0. The quantitative estimate of drug-likeness (QED) is 0.0804. The summed E-state index contributed by atoms with van der Waals surface area (Å²) < 4.78 is 0. The van der Waals surface area contributed by atoms with Gasteiger partial charge in [-0.05, 0) is 110 Å². The third-order valence-electron chi connectivity index (χ3n) is 9.53. The SMILES string of the molecule is C=C1/C=C\C=C/CC2(C(=C)/C=C\C=C/1)c1ccc(Cc3ccc(-c4ccccc4)cc3)cc1-c1cc3ccccc3cc12.CO.N/C=C/C=C\C=C/NN. The Hall–Kier alpha value is -6.46. The minimum absolute atomic E-state index is 0.352. The van der Waals surface area contributed by atoms with E-state index in [1.54, 1.807) is 24.4 Å². The molecule has 1 atom stereocenters. The van der Waals surface area contributed by atoms with Gasteiger partial charge in [-0.15, -0.1) is 0 Å². The highest BCUT2D eigenvalue weighted by Gasteiger charge is 2.44. The van der Waals surface area contributed by atoms with Gasteiger partial charge < -0.3 is 16.3 Å². The van der Waals surface area contributed by atoms with Crippen LogP contribution in [0.4, 0.5) is 0 Å². The van der Waals surface area contributed by atoms with E-state index >= 15 is 0 Å². The molecule has 270 valence electrons. The number of hydrogen-bond acceptors (Lipinski definition) is 4. The van der Waals surface area contributed by atoms with E-state index in [9.17, 15) is 0 Å². The molecular formula is C50H49N3O. The summed E-state index contributed by atoms with van der Waals surface area (Å²) in [6.07, 6.45) is 28.8. The lowest BCUT2D eigenvalue weighted by Crippen LogP contribution is -2.26. The number of hydrogen-bond donors (Lipinski definition) is 4. The third kappa shape index (κ3) is 9.12. The molecule has 4 heteroatoms. The number of nitrogens with two attached hydrogens (primary N) is 2. The molecule has 0 saturated heterocycles. The summed E-state index contributed by atoms with van der Waals surface area (Å²) >= 11 is 0. The maximum absolute atomic E-state index is 7.00. The van der Waals surface area contributed by atoms with E-state index in [2.05, 4.69) is 158 Å². The lowest BCUT2D eigenvalue weighted by Gasteiger charge is -2.32. The predicted octanol–water partition coefficient (Wildman–Crippen LogP) is 10.7. The van der Waals surface area contributed by atoms with Crippen molar-refractivity contribution in [2.75, 3.05) is 7.11 Å². The number of allylic oxidation sites excluding steroid dienone is 14. The summed E-state index contributed by atoms with van der Waals surface area (Å²) in [5.74, 6) is 4.93. The van der Waals surface area contributed by atoms with Crippen molar-refractivity contribution < 1.29 is 5.11 Å². The molecular weight excluding hydrogens is 659 g/mol. The summed E-state index contributed by atoms with van der Waals surface area (Å²) in [7, 11) is 1.00. The zero-order valence-corrected chi connectivity index (χ0v) is 30.9. The van der Waals surface area contributed by atoms with Crippen molar-refractivity contribution in [2.45, 2.75) is 18.3 Å². The first-order valence-corrected chi connectivity index (χ1v) is 18.0. The summed E-state index contributed by atoms with van der Waals surface area (Å²) in [5.41, 5.74) is 19.5. The van der Waals surface area contributed by atoms with Gasteiger partial charge in [0.25, 0.3) is 0 Å². The molecule has 7 rings (SSSR count). The highest BCUT2D eigenvalue weighted by atomic mass is 16.2. The molecule has 0 bridgehead atoms. The maximum Gasteiger partial charge on any atom is 0.0492 e. The Morgan fingerprint density at radius 2 is 1.26 bits per heavy atom. The van der Waals surface area contributed by atoms with Crippen molar-refractivity contribution >= 4 is 10.8 Å². The monoisotopic (exact) mass is 707 g/mol. The molecule has 0 radical (unpaired) electrons. The minimum Gasteiger partial charge on any atom is -0.405 e. The third-order valence-corrected chi connectivity index (χ3v) is 9.53. The van der Waals surface area contributed by atoms with Crippen molar-refractivity contribution in [2.24, 2.45) is 11.6 Å². The Morgan fingerprint density at radius 1 is 0.648 bits per heavy atom. The van der Waals surface area contributed by atoms with Crippen LogP contribution >= 0.6 is 0 Å². The average Bonchev–Trinajstić information content (AvgIpc) is 3.48. The molecule has 4 nitrogen and oxygen atoms in total. The van der Waals surface area contributed by atoms with Crippen LogP contribution in [0.3, 0.4) is 0 Å². The second-order valence-electron chi connectivity index (χ2n) is 12.9. The fourth-order valence-corrected chi connectivity index (χ4v) is 6.99. The molecule has 1 spiro atoms. The highest BCUT2D eigenvalue weighted by molar-refractivity contribution is 5.95. The lowest BCUT2D eigenvalue weighted by atomic mass is 9.69. The van der Waals surface area contributed by atoms with Crippen LogP contribution in [-0.4, -0.2) is 12.2 Å². The van der Waals surface area contributed by atoms with E-state index in [0.29, 0.717) is 0 Å². The number of aliphatic hydroxyl groups is 1. The number of hydrazine groups is 1. The Bertz CT molecular complexity index is 2270. The second kappa shape index (κ2) is 19.4. The molecule has 6 N–H and O–H groups in total. The zero-order valence-electron chi connectivity index (χ0n) is 30.9. The summed E-state index contributed by atoms with van der Waals surface area (Å²) in [5, 5.41) is 9.52. The molecule has 54 heavy (non-hydrogen) atoms. The van der Waals surface area contributed by atoms with Gasteiger partial charge in [0, 0.05) is 18.7 Å². The maximum atomic E-state index is 7.00. The van der Waals surface area contributed by atoms with Crippen LogP contribution in [-0.2, 0) is 11.8 Å². The normalized spacial score (nSPS) is 18.5. The molecule has 1 unspecified atom stereocenters. The molecule has 0 aromatic heterocycles. The number of fused-ring (bicyclic) bond motifs is 6. The highest BCUT2D eigenvalue weighted by Crippen LogP contribution is 2.56. The molecule has 5 aromatic carbocycles. The van der Waals surface area contributed by atoms with Crippen LogP contribution in [0.1, 0.15) is 28.7 Å². The van der Waals surface area contributed by atoms with Crippen LogP contribution in [0.15, 0.2) is 219 Å². The fourth-order valence-electron chi connectivity index (χ4n) is 6.99. The summed E-state index contributed by atoms with van der Waals surface area (Å²) in [6, 6.07) is 40.1. The first-order chi connectivity index (χ1) is 26.5. The van der Waals surface area contributed by atoms with Gasteiger partial charge in [-0.2, -0.15) is 0 Å². The van der Waals surface area contributed by atoms with Gasteiger partial charge in [-0.3, -0.25) is 5.84 Å². The van der Waals surface area contributed by atoms with Crippen molar-refractivity contribution in [3.05, 3.63) is 241 Å². The molecule has 0 heterocycles. The molecule has 0 fully saturated rings. The van der Waals surface area contributed by atoms with Gasteiger partial charge in [-0.1, -0.05) is 171 Å². The lowest BCUT2D eigenvalue weighted by molar-refractivity contribution is 0.399. The second-order valence-corrected chi connectivity index (χ2v) is 12.9. The molecule has 0 saturated carbocycles. The summed E-state index contributed by atoms with van der Waals surface area (Å²) in [4.78, 5) is 0. The van der Waals surface area contributed by atoms with Crippen molar-refractivity contribution in [1.29, 1.82) is 0 Å². The van der Waals surface area contributed by atoms with Crippen molar-refractivity contribution in [1.82, 2.24) is 5.43 Å². The molecule has 2 aliphatic rings. The number of nitrogens with one attached hydrogen (secondary N) is 1. The smallest absolute Gasteiger partial charge is 0.0492 e. The van der Waals surface area contributed by atoms with E-state index in [1.165, 1.54) is 61.5 Å². The Morgan fingerprint density at radius 3 is 1.98 bits per heavy atom. The average molecular weight is 708 g/mol. The van der Waals surface area contributed by atoms with Crippen LogP contribution in [0.25, 0.3) is 33.0 Å².